The minimum atomic E-state index is -5.00. The van der Waals surface area contributed by atoms with Crippen LogP contribution in [0, 0.1) is 23.5 Å². The number of rotatable bonds is 4. The molecule has 0 saturated carbocycles. The monoisotopic (exact) mass is 466 g/mol. The molecule has 6 heteroatoms. The number of hydrogen-bond acceptors (Lipinski definition) is 1. The lowest BCUT2D eigenvalue weighted by Crippen LogP contribution is -2.17. The molecule has 0 unspecified atom stereocenters. The lowest BCUT2D eigenvalue weighted by Gasteiger charge is -2.09. The van der Waals surface area contributed by atoms with E-state index in [4.69, 9.17) is 0 Å². The van der Waals surface area contributed by atoms with Gasteiger partial charge in [-0.1, -0.05) is 67.6 Å². The van der Waals surface area contributed by atoms with Crippen molar-refractivity contribution < 1.29 is 26.7 Å². The van der Waals surface area contributed by atoms with Crippen LogP contribution in [0.4, 0.5) is 22.0 Å². The van der Waals surface area contributed by atoms with Gasteiger partial charge in [0.2, 0.25) is 0 Å². The average Bonchev–Trinajstić information content (AvgIpc) is 2.80. The summed E-state index contributed by atoms with van der Waals surface area (Å²) in [5.74, 6) is 2.53. The quantitative estimate of drug-likeness (QED) is 0.218. The largest absolute Gasteiger partial charge is 0.573 e. The van der Waals surface area contributed by atoms with Crippen molar-refractivity contribution in [1.82, 2.24) is 0 Å². The second-order valence-electron chi connectivity index (χ2n) is 7.75. The number of ether oxygens (including phenoxy) is 1. The zero-order valence-electron chi connectivity index (χ0n) is 18.1. The standard InChI is InChI=1S/C28H19F5O/c1-2-3-18-4-8-20(9-5-18)22-13-14-24-23(17-22)12-11-21(27(24)30)10-6-19-7-15-26(25(29)16-19)34-28(31,32)33/h4-5,7-9,11-17H,2-3H2,1H3. The van der Waals surface area contributed by atoms with Crippen LogP contribution in [0.5, 0.6) is 5.75 Å². The van der Waals surface area contributed by atoms with Gasteiger partial charge in [-0.15, -0.1) is 13.2 Å². The second kappa shape index (κ2) is 9.56. The molecule has 4 aromatic rings. The zero-order valence-corrected chi connectivity index (χ0v) is 18.1. The Labute approximate surface area is 193 Å². The van der Waals surface area contributed by atoms with Crippen LogP contribution in [0.3, 0.4) is 0 Å². The van der Waals surface area contributed by atoms with E-state index in [2.05, 4.69) is 35.6 Å². The third-order valence-corrected chi connectivity index (χ3v) is 5.28. The maximum atomic E-state index is 15.1. The van der Waals surface area contributed by atoms with E-state index < -0.39 is 23.7 Å². The van der Waals surface area contributed by atoms with Crippen LogP contribution < -0.4 is 4.74 Å². The van der Waals surface area contributed by atoms with E-state index in [-0.39, 0.29) is 11.1 Å². The predicted molar refractivity (Wildman–Crippen MR) is 122 cm³/mol. The van der Waals surface area contributed by atoms with Gasteiger partial charge in [-0.25, -0.2) is 8.78 Å². The number of benzene rings is 4. The Kier molecular flexibility index (Phi) is 6.56. The summed E-state index contributed by atoms with van der Waals surface area (Å²) in [5, 5.41) is 1.09. The minimum absolute atomic E-state index is 0.0911. The molecule has 34 heavy (non-hydrogen) atoms. The van der Waals surface area contributed by atoms with Gasteiger partial charge in [0.25, 0.3) is 0 Å². The fourth-order valence-corrected chi connectivity index (χ4v) is 3.65. The van der Waals surface area contributed by atoms with Gasteiger partial charge in [0.15, 0.2) is 11.6 Å². The highest BCUT2D eigenvalue weighted by molar-refractivity contribution is 5.89. The van der Waals surface area contributed by atoms with Crippen molar-refractivity contribution in [1.29, 1.82) is 0 Å². The molecule has 0 heterocycles. The predicted octanol–water partition coefficient (Wildman–Crippen LogP) is 8.04. The molecule has 0 N–H and O–H groups in total. The van der Waals surface area contributed by atoms with Crippen LogP contribution in [-0.2, 0) is 6.42 Å². The summed E-state index contributed by atoms with van der Waals surface area (Å²) in [6, 6.07) is 19.8. The van der Waals surface area contributed by atoms with Crippen molar-refractivity contribution in [3.8, 4) is 28.7 Å². The fourth-order valence-electron chi connectivity index (χ4n) is 3.65. The second-order valence-corrected chi connectivity index (χ2v) is 7.75. The molecular weight excluding hydrogens is 447 g/mol. The molecule has 0 amide bonds. The Morgan fingerprint density at radius 2 is 1.53 bits per heavy atom. The molecule has 0 aromatic heterocycles. The van der Waals surface area contributed by atoms with Crippen molar-refractivity contribution >= 4 is 10.8 Å². The molecule has 4 rings (SSSR count). The molecule has 0 spiro atoms. The van der Waals surface area contributed by atoms with E-state index in [1.165, 1.54) is 17.7 Å². The van der Waals surface area contributed by atoms with Crippen molar-refractivity contribution in [3.63, 3.8) is 0 Å². The maximum Gasteiger partial charge on any atom is 0.573 e. The molecule has 0 aliphatic rings. The summed E-state index contributed by atoms with van der Waals surface area (Å²) >= 11 is 0. The molecule has 0 bridgehead atoms. The molecule has 0 fully saturated rings. The molecule has 0 aliphatic carbocycles. The average molecular weight is 466 g/mol. The van der Waals surface area contributed by atoms with Gasteiger partial charge in [-0.2, -0.15) is 0 Å². The highest BCUT2D eigenvalue weighted by atomic mass is 19.4. The van der Waals surface area contributed by atoms with Crippen LogP contribution in [0.2, 0.25) is 0 Å². The van der Waals surface area contributed by atoms with Gasteiger partial charge in [-0.3, -0.25) is 0 Å². The number of fused-ring (bicyclic) bond motifs is 1. The summed E-state index contributed by atoms with van der Waals surface area (Å²) in [7, 11) is 0. The van der Waals surface area contributed by atoms with Crippen molar-refractivity contribution in [2.45, 2.75) is 26.1 Å². The van der Waals surface area contributed by atoms with E-state index >= 15 is 4.39 Å². The first-order valence-corrected chi connectivity index (χ1v) is 10.6. The van der Waals surface area contributed by atoms with Crippen molar-refractivity contribution in [2.24, 2.45) is 0 Å². The maximum absolute atomic E-state index is 15.1. The topological polar surface area (TPSA) is 9.23 Å². The number of aryl methyl sites for hydroxylation is 1. The first-order valence-electron chi connectivity index (χ1n) is 10.6. The Morgan fingerprint density at radius 1 is 0.794 bits per heavy atom. The normalized spacial score (nSPS) is 11.2. The molecule has 1 nitrogen and oxygen atoms in total. The highest BCUT2D eigenvalue weighted by Gasteiger charge is 2.32. The van der Waals surface area contributed by atoms with Crippen LogP contribution >= 0.6 is 0 Å². The zero-order chi connectivity index (χ0) is 24.3. The van der Waals surface area contributed by atoms with Gasteiger partial charge in [0.1, 0.15) is 5.82 Å². The summed E-state index contributed by atoms with van der Waals surface area (Å²) in [6.07, 6.45) is -2.90. The molecule has 172 valence electrons. The third kappa shape index (κ3) is 5.37. The Morgan fingerprint density at radius 3 is 2.21 bits per heavy atom. The van der Waals surface area contributed by atoms with Gasteiger partial charge in [0, 0.05) is 10.9 Å². The van der Waals surface area contributed by atoms with Crippen LogP contribution in [0.1, 0.15) is 30.0 Å². The molecule has 0 aliphatic heterocycles. The highest BCUT2D eigenvalue weighted by Crippen LogP contribution is 2.28. The number of hydrogen-bond donors (Lipinski definition) is 0. The number of alkyl halides is 3. The van der Waals surface area contributed by atoms with Crippen molar-refractivity contribution in [2.75, 3.05) is 0 Å². The Hall–Kier alpha value is -3.85. The summed E-state index contributed by atoms with van der Waals surface area (Å²) in [5.41, 5.74) is 3.45. The van der Waals surface area contributed by atoms with E-state index in [0.29, 0.717) is 10.8 Å². The van der Waals surface area contributed by atoms with E-state index in [1.807, 2.05) is 24.3 Å². The van der Waals surface area contributed by atoms with Gasteiger partial charge >= 0.3 is 6.36 Å². The molecule has 4 aromatic carbocycles. The first-order chi connectivity index (χ1) is 16.2. The molecular formula is C28H19F5O. The molecule has 0 saturated heterocycles. The molecule has 0 radical (unpaired) electrons. The fraction of sp³-hybridized carbons (Fsp3) is 0.143. The first kappa shape index (κ1) is 23.3. The summed E-state index contributed by atoms with van der Waals surface area (Å²) < 4.78 is 69.3. The van der Waals surface area contributed by atoms with Crippen molar-refractivity contribution in [3.05, 3.63) is 101 Å². The van der Waals surface area contributed by atoms with Crippen LogP contribution in [0.15, 0.2) is 72.8 Å². The SMILES string of the molecule is CCCc1ccc(-c2ccc3c(F)c(C#Cc4ccc(OC(F)(F)F)c(F)c4)ccc3c2)cc1. The lowest BCUT2D eigenvalue weighted by molar-refractivity contribution is -0.275. The smallest absolute Gasteiger partial charge is 0.403 e. The number of halogens is 5. The minimum Gasteiger partial charge on any atom is -0.403 e. The molecule has 0 atom stereocenters. The third-order valence-electron chi connectivity index (χ3n) is 5.28. The lowest BCUT2D eigenvalue weighted by atomic mass is 9.98. The van der Waals surface area contributed by atoms with Gasteiger partial charge in [0.05, 0.1) is 5.56 Å². The van der Waals surface area contributed by atoms with E-state index in [0.717, 1.165) is 36.1 Å². The summed E-state index contributed by atoms with van der Waals surface area (Å²) in [4.78, 5) is 0. The van der Waals surface area contributed by atoms with Crippen LogP contribution in [-0.4, -0.2) is 6.36 Å². The van der Waals surface area contributed by atoms with Crippen LogP contribution in [0.25, 0.3) is 21.9 Å². The van der Waals surface area contributed by atoms with E-state index in [1.54, 1.807) is 12.1 Å². The Balaban J connectivity index is 1.60. The summed E-state index contributed by atoms with van der Waals surface area (Å²) in [6.45, 7) is 2.13. The van der Waals surface area contributed by atoms with Gasteiger partial charge in [-0.05, 0) is 58.8 Å². The van der Waals surface area contributed by atoms with Gasteiger partial charge < -0.3 is 4.74 Å². The Bertz CT molecular complexity index is 1390. The van der Waals surface area contributed by atoms with E-state index in [9.17, 15) is 17.6 Å².